The van der Waals surface area contributed by atoms with E-state index in [0.717, 1.165) is 51.0 Å². The summed E-state index contributed by atoms with van der Waals surface area (Å²) in [4.78, 5) is 28.8. The number of unbranched alkanes of at least 4 members (excludes halogenated alkanes) is 1. The highest BCUT2D eigenvalue weighted by atomic mass is 16.5. The molecule has 35 heavy (non-hydrogen) atoms. The summed E-state index contributed by atoms with van der Waals surface area (Å²) in [6.45, 7) is 7.49. The van der Waals surface area contributed by atoms with Crippen LogP contribution in [0.3, 0.4) is 0 Å². The molecule has 1 unspecified atom stereocenters. The van der Waals surface area contributed by atoms with Gasteiger partial charge in [-0.2, -0.15) is 0 Å². The largest absolute Gasteiger partial charge is 0.466 e. The van der Waals surface area contributed by atoms with Crippen LogP contribution in [0.2, 0.25) is 0 Å². The van der Waals surface area contributed by atoms with Gasteiger partial charge in [-0.05, 0) is 50.3 Å². The summed E-state index contributed by atoms with van der Waals surface area (Å²) in [7, 11) is 0. The van der Waals surface area contributed by atoms with Crippen molar-refractivity contribution in [2.24, 2.45) is 0 Å². The Morgan fingerprint density at radius 1 is 0.971 bits per heavy atom. The molecule has 1 fully saturated rings. The molecule has 1 amide bonds. The van der Waals surface area contributed by atoms with Gasteiger partial charge in [-0.3, -0.25) is 9.59 Å². The van der Waals surface area contributed by atoms with Crippen LogP contribution in [0.25, 0.3) is 0 Å². The molecule has 6 nitrogen and oxygen atoms in total. The monoisotopic (exact) mass is 480 g/mol. The van der Waals surface area contributed by atoms with Crippen molar-refractivity contribution in [3.05, 3.63) is 66.2 Å². The van der Waals surface area contributed by atoms with E-state index in [1.54, 1.807) is 0 Å². The minimum absolute atomic E-state index is 0.0159. The highest BCUT2D eigenvalue weighted by Crippen LogP contribution is 2.27. The minimum atomic E-state index is -0.138. The van der Waals surface area contributed by atoms with Crippen molar-refractivity contribution >= 4 is 17.6 Å². The van der Waals surface area contributed by atoms with E-state index in [9.17, 15) is 9.59 Å². The van der Waals surface area contributed by atoms with Crippen molar-refractivity contribution in [2.75, 3.05) is 37.7 Å². The number of carbonyl (C=O) groups is 2. The van der Waals surface area contributed by atoms with Crippen LogP contribution in [0.15, 0.2) is 60.7 Å². The highest BCUT2D eigenvalue weighted by Gasteiger charge is 2.29. The maximum Gasteiger partial charge on any atom is 0.305 e. The Balaban J connectivity index is 1.54. The molecule has 2 aromatic carbocycles. The van der Waals surface area contributed by atoms with Crippen molar-refractivity contribution in [2.45, 2.75) is 64.5 Å². The predicted molar refractivity (Wildman–Crippen MR) is 139 cm³/mol. The maximum atomic E-state index is 12.8. The second-order valence-corrected chi connectivity index (χ2v) is 9.02. The van der Waals surface area contributed by atoms with E-state index in [-0.39, 0.29) is 24.0 Å². The van der Waals surface area contributed by atoms with Crippen LogP contribution in [-0.4, -0.2) is 55.7 Å². The van der Waals surface area contributed by atoms with Crippen LogP contribution < -0.4 is 4.90 Å². The van der Waals surface area contributed by atoms with Crippen molar-refractivity contribution in [1.82, 2.24) is 4.90 Å². The topological polar surface area (TPSA) is 59.1 Å². The summed E-state index contributed by atoms with van der Waals surface area (Å²) in [6.07, 6.45) is 4.42. The summed E-state index contributed by atoms with van der Waals surface area (Å²) >= 11 is 0. The summed E-state index contributed by atoms with van der Waals surface area (Å²) in [5.74, 6) is 0.0454. The molecule has 1 aliphatic heterocycles. The third-order valence-corrected chi connectivity index (χ3v) is 6.52. The van der Waals surface area contributed by atoms with Crippen LogP contribution >= 0.6 is 0 Å². The van der Waals surface area contributed by atoms with Crippen LogP contribution in [-0.2, 0) is 19.1 Å². The van der Waals surface area contributed by atoms with Gasteiger partial charge in [0.1, 0.15) is 0 Å². The molecule has 6 heteroatoms. The summed E-state index contributed by atoms with van der Waals surface area (Å²) in [5, 5.41) is 0. The Hall–Kier alpha value is -2.70. The average Bonchev–Trinajstić information content (AvgIpc) is 2.90. The molecule has 0 radical (unpaired) electrons. The van der Waals surface area contributed by atoms with E-state index in [1.165, 1.54) is 5.56 Å². The molecule has 0 bridgehead atoms. The number of anilines is 1. The number of likely N-dealkylation sites (tertiary alicyclic amines) is 1. The van der Waals surface area contributed by atoms with E-state index < -0.39 is 0 Å². The van der Waals surface area contributed by atoms with E-state index >= 15 is 0 Å². The smallest absolute Gasteiger partial charge is 0.305 e. The first-order valence-electron chi connectivity index (χ1n) is 13.0. The van der Waals surface area contributed by atoms with E-state index in [2.05, 4.69) is 17.0 Å². The number of ether oxygens (including phenoxy) is 2. The van der Waals surface area contributed by atoms with E-state index in [0.29, 0.717) is 26.1 Å². The molecule has 0 saturated carbocycles. The Labute approximate surface area is 210 Å². The number of rotatable bonds is 13. The van der Waals surface area contributed by atoms with Crippen LogP contribution in [0.1, 0.15) is 64.0 Å². The van der Waals surface area contributed by atoms with Gasteiger partial charge in [0, 0.05) is 50.8 Å². The lowest BCUT2D eigenvalue weighted by molar-refractivity contribution is -0.143. The normalized spacial score (nSPS) is 15.5. The molecule has 190 valence electrons. The lowest BCUT2D eigenvalue weighted by Crippen LogP contribution is -2.48. The zero-order valence-corrected chi connectivity index (χ0v) is 21.2. The molecule has 1 aliphatic rings. The number of para-hydroxylation sites is 1. The minimum Gasteiger partial charge on any atom is -0.466 e. The van der Waals surface area contributed by atoms with Crippen LogP contribution in [0.4, 0.5) is 5.69 Å². The third kappa shape index (κ3) is 8.48. The van der Waals surface area contributed by atoms with Gasteiger partial charge in [0.05, 0.1) is 12.7 Å². The second-order valence-electron chi connectivity index (χ2n) is 9.02. The molecule has 1 heterocycles. The van der Waals surface area contributed by atoms with Gasteiger partial charge in [0.15, 0.2) is 0 Å². The number of amides is 1. The number of carbonyl (C=O) groups excluding carboxylic acids is 2. The van der Waals surface area contributed by atoms with E-state index in [1.807, 2.05) is 67.3 Å². The highest BCUT2D eigenvalue weighted by molar-refractivity contribution is 5.93. The third-order valence-electron chi connectivity index (χ3n) is 6.52. The zero-order valence-electron chi connectivity index (χ0n) is 21.2. The number of benzene rings is 2. The van der Waals surface area contributed by atoms with Crippen molar-refractivity contribution in [3.8, 4) is 0 Å². The van der Waals surface area contributed by atoms with Gasteiger partial charge in [-0.1, -0.05) is 55.5 Å². The molecule has 2 aromatic rings. The molecule has 0 N–H and O–H groups in total. The van der Waals surface area contributed by atoms with Crippen molar-refractivity contribution < 1.29 is 19.1 Å². The number of esters is 1. The van der Waals surface area contributed by atoms with Crippen molar-refractivity contribution in [3.63, 3.8) is 0 Å². The molecular formula is C29H40N2O4. The number of hydrogen-bond acceptors (Lipinski definition) is 5. The Kier molecular flexibility index (Phi) is 11.3. The quantitative estimate of drug-likeness (QED) is 0.284. The predicted octanol–water partition coefficient (Wildman–Crippen LogP) is 5.39. The van der Waals surface area contributed by atoms with Crippen LogP contribution in [0, 0.1) is 0 Å². The number of hydrogen-bond donors (Lipinski definition) is 0. The number of nitrogens with zero attached hydrogens (tertiary/aromatic N) is 2. The molecule has 1 saturated heterocycles. The van der Waals surface area contributed by atoms with Crippen LogP contribution in [0.5, 0.6) is 0 Å². The fraction of sp³-hybridized carbons (Fsp3) is 0.517. The van der Waals surface area contributed by atoms with Gasteiger partial charge in [-0.25, -0.2) is 0 Å². The Bertz CT molecular complexity index is 882. The van der Waals surface area contributed by atoms with E-state index in [4.69, 9.17) is 9.47 Å². The first-order chi connectivity index (χ1) is 17.1. The lowest BCUT2D eigenvalue weighted by Gasteiger charge is -2.39. The molecule has 0 spiro atoms. The lowest BCUT2D eigenvalue weighted by atomic mass is 10.0. The number of piperidine rings is 1. The summed E-state index contributed by atoms with van der Waals surface area (Å²) in [6, 6.07) is 20.6. The van der Waals surface area contributed by atoms with Gasteiger partial charge in [-0.15, -0.1) is 0 Å². The fourth-order valence-electron chi connectivity index (χ4n) is 4.66. The van der Waals surface area contributed by atoms with Gasteiger partial charge < -0.3 is 19.3 Å². The Morgan fingerprint density at radius 2 is 1.63 bits per heavy atom. The SMILES string of the molecule is CCOC(=O)CCCCOC(CN1CCC(N(C(=O)CC)c2ccccc2)CC1)c1ccccc1. The fourth-order valence-corrected chi connectivity index (χ4v) is 4.66. The molecule has 1 atom stereocenters. The first-order valence-corrected chi connectivity index (χ1v) is 13.0. The van der Waals surface area contributed by atoms with Gasteiger partial charge in [0.25, 0.3) is 0 Å². The molecule has 0 aliphatic carbocycles. The molecule has 3 rings (SSSR count). The van der Waals surface area contributed by atoms with Gasteiger partial charge in [0.2, 0.25) is 5.91 Å². The molecular weight excluding hydrogens is 440 g/mol. The summed E-state index contributed by atoms with van der Waals surface area (Å²) < 4.78 is 11.3. The van der Waals surface area contributed by atoms with Crippen molar-refractivity contribution in [1.29, 1.82) is 0 Å². The second kappa shape index (κ2) is 14.6. The molecule has 0 aromatic heterocycles. The first kappa shape index (κ1) is 26.9. The average molecular weight is 481 g/mol. The summed E-state index contributed by atoms with van der Waals surface area (Å²) in [5.41, 5.74) is 2.17. The van der Waals surface area contributed by atoms with Gasteiger partial charge >= 0.3 is 5.97 Å². The maximum absolute atomic E-state index is 12.8. The standard InChI is InChI=1S/C29H40N2O4/c1-3-28(32)31(25-15-9-6-10-16-25)26-18-20-30(21-19-26)23-27(24-13-7-5-8-14-24)35-22-12-11-17-29(33)34-4-2/h5-10,13-16,26-27H,3-4,11-12,17-23H2,1-2H3. The Morgan fingerprint density at radius 3 is 2.26 bits per heavy atom. The zero-order chi connectivity index (χ0) is 24.9.